The second kappa shape index (κ2) is 8.65. The van der Waals surface area contributed by atoms with Crippen LogP contribution in [-0.4, -0.2) is 82.1 Å². The molecule has 2 aliphatic rings. The van der Waals surface area contributed by atoms with E-state index in [-0.39, 0.29) is 10.1 Å². The van der Waals surface area contributed by atoms with Crippen molar-refractivity contribution in [3.8, 4) is 0 Å². The van der Waals surface area contributed by atoms with E-state index < -0.39 is 98.4 Å². The Morgan fingerprint density at radius 3 is 1.61 bits per heavy atom. The molecule has 0 aliphatic carbocycles. The number of amides is 4. The Balaban J connectivity index is 1.89. The number of hydrogen-bond acceptors (Lipinski definition) is 12. The number of hydroxylamine groups is 4. The Kier molecular flexibility index (Phi) is 6.34. The maximum atomic E-state index is 11.8. The van der Waals surface area contributed by atoms with Gasteiger partial charge < -0.3 is 9.68 Å². The quantitative estimate of drug-likeness (QED) is 0.258. The summed E-state index contributed by atoms with van der Waals surface area (Å²) < 4.78 is 69.4. The third-order valence-corrected chi connectivity index (χ3v) is 6.05. The highest BCUT2D eigenvalue weighted by atomic mass is 32.2. The molecule has 3 unspecified atom stereocenters. The van der Waals surface area contributed by atoms with Gasteiger partial charge in [-0.2, -0.15) is 16.8 Å². The third kappa shape index (κ3) is 5.60. The Hall–Kier alpha value is -2.96. The van der Waals surface area contributed by atoms with Crippen molar-refractivity contribution < 1.29 is 65.8 Å². The molecule has 172 valence electrons. The van der Waals surface area contributed by atoms with Gasteiger partial charge in [-0.15, -0.1) is 10.1 Å². The molecule has 2 N–H and O–H groups in total. The van der Waals surface area contributed by atoms with E-state index in [1.54, 1.807) is 0 Å². The summed E-state index contributed by atoms with van der Waals surface area (Å²) >= 11 is 0. The molecule has 2 aliphatic heterocycles. The zero-order valence-corrected chi connectivity index (χ0v) is 16.7. The van der Waals surface area contributed by atoms with Gasteiger partial charge >= 0.3 is 11.9 Å². The number of carbonyl (C=O) groups excluding carboxylic acids is 6. The maximum Gasteiger partial charge on any atom is 0.333 e. The average Bonchev–Trinajstić information content (AvgIpc) is 3.10. The molecule has 2 heterocycles. The van der Waals surface area contributed by atoms with E-state index in [1.807, 2.05) is 0 Å². The summed E-state index contributed by atoms with van der Waals surface area (Å²) in [5.41, 5.74) is 0. The van der Waals surface area contributed by atoms with Crippen LogP contribution in [0.3, 0.4) is 0 Å². The Labute approximate surface area is 174 Å². The number of rotatable bonds is 8. The first-order chi connectivity index (χ1) is 14.5. The molecule has 2 fully saturated rings. The molecule has 31 heavy (non-hydrogen) atoms. The summed E-state index contributed by atoms with van der Waals surface area (Å²) in [6.07, 6.45) is -5.38. The molecule has 4 amide bonds. The zero-order chi connectivity index (χ0) is 24.6. The van der Waals surface area contributed by atoms with Crippen molar-refractivity contribution in [2.24, 2.45) is 0 Å². The first-order valence-electron chi connectivity index (χ1n) is 8.62. The van der Waals surface area contributed by atoms with E-state index in [9.17, 15) is 45.6 Å². The first-order valence-corrected chi connectivity index (χ1v) is 11.1. The van der Waals surface area contributed by atoms with Crippen molar-refractivity contribution in [2.45, 2.75) is 42.6 Å². The molecular weight excluding hydrogens is 472 g/mol. The summed E-state index contributed by atoms with van der Waals surface area (Å²) in [5, 5.41) is -4.75. The fraction of sp³-hybridized carbons (Fsp3) is 0.538. The molecule has 0 saturated carbocycles. The highest BCUT2D eigenvalue weighted by Gasteiger charge is 2.49. The standard InChI is InChI=1S/C13H14N2O14S2/c16-8-4-6(30(22,23)24)12(20)14(8)28-10(18)2-1-3-11(19)29-15-9(17)5-7(13(15)21)31(25,26)27/h6-7H,1-5H2,(H,22,23,24)(H,25,26,27)/i2D. The van der Waals surface area contributed by atoms with Gasteiger partial charge in [-0.25, -0.2) is 9.59 Å². The lowest BCUT2D eigenvalue weighted by Crippen LogP contribution is -2.37. The van der Waals surface area contributed by atoms with E-state index in [2.05, 4.69) is 9.68 Å². The van der Waals surface area contributed by atoms with Crippen LogP contribution in [-0.2, 0) is 58.7 Å². The van der Waals surface area contributed by atoms with Crippen molar-refractivity contribution in [2.75, 3.05) is 0 Å². The molecule has 2 rings (SSSR count). The summed E-state index contributed by atoms with van der Waals surface area (Å²) in [6, 6.07) is 0. The van der Waals surface area contributed by atoms with Crippen molar-refractivity contribution in [1.29, 1.82) is 0 Å². The van der Waals surface area contributed by atoms with E-state index in [0.29, 0.717) is 0 Å². The first kappa shape index (κ1) is 22.7. The number of imide groups is 2. The van der Waals surface area contributed by atoms with Crippen LogP contribution >= 0.6 is 0 Å². The molecule has 0 aromatic carbocycles. The predicted molar refractivity (Wildman–Crippen MR) is 89.6 cm³/mol. The molecule has 0 radical (unpaired) electrons. The SMILES string of the molecule is [2H]C(CCC(=O)ON1C(=O)CC(S(=O)(=O)O)C1=O)C(=O)ON1C(=O)CC(S(=O)(=O)O)C1=O. The second-order valence-corrected chi connectivity index (χ2v) is 9.28. The number of carbonyl (C=O) groups is 6. The summed E-state index contributed by atoms with van der Waals surface area (Å²) in [7, 11) is -9.88. The summed E-state index contributed by atoms with van der Waals surface area (Å²) in [6.45, 7) is 0. The van der Waals surface area contributed by atoms with E-state index in [1.165, 1.54) is 0 Å². The molecule has 0 bridgehead atoms. The average molecular weight is 487 g/mol. The lowest BCUT2D eigenvalue weighted by atomic mass is 10.2. The Morgan fingerprint density at radius 2 is 1.26 bits per heavy atom. The number of hydrogen-bond donors (Lipinski definition) is 2. The Bertz CT molecular complexity index is 1100. The zero-order valence-electron chi connectivity index (χ0n) is 16.1. The van der Waals surface area contributed by atoms with Crippen LogP contribution < -0.4 is 0 Å². The smallest absolute Gasteiger partial charge is 0.330 e. The van der Waals surface area contributed by atoms with Gasteiger partial charge in [0.05, 0.1) is 12.8 Å². The minimum absolute atomic E-state index is 0.185. The minimum atomic E-state index is -4.95. The molecule has 18 heteroatoms. The maximum absolute atomic E-state index is 11.8. The van der Waals surface area contributed by atoms with Gasteiger partial charge in [0.2, 0.25) is 0 Å². The predicted octanol–water partition coefficient (Wildman–Crippen LogP) is -2.90. The van der Waals surface area contributed by atoms with Gasteiger partial charge in [0.15, 0.2) is 10.5 Å². The number of nitrogens with zero attached hydrogens (tertiary/aromatic N) is 2. The highest BCUT2D eigenvalue weighted by Crippen LogP contribution is 2.21. The lowest BCUT2D eigenvalue weighted by molar-refractivity contribution is -0.199. The molecule has 2 saturated heterocycles. The van der Waals surface area contributed by atoms with Crippen LogP contribution in [0.2, 0.25) is 0 Å². The molecular formula is C13H14N2O14S2. The molecule has 16 nitrogen and oxygen atoms in total. The molecule has 0 spiro atoms. The molecule has 3 atom stereocenters. The minimum Gasteiger partial charge on any atom is -0.330 e. The normalized spacial score (nSPS) is 23.7. The van der Waals surface area contributed by atoms with E-state index in [4.69, 9.17) is 10.5 Å². The third-order valence-electron chi connectivity index (χ3n) is 3.88. The van der Waals surface area contributed by atoms with E-state index in [0.717, 1.165) is 0 Å². The summed E-state index contributed by atoms with van der Waals surface area (Å²) in [4.78, 5) is 79.0. The van der Waals surface area contributed by atoms with Crippen LogP contribution in [0.5, 0.6) is 0 Å². The van der Waals surface area contributed by atoms with Gasteiger partial charge in [-0.1, -0.05) is 0 Å². The topological polar surface area (TPSA) is 236 Å². The molecule has 0 aromatic heterocycles. The van der Waals surface area contributed by atoms with Crippen LogP contribution in [0.4, 0.5) is 0 Å². The Morgan fingerprint density at radius 1 is 0.871 bits per heavy atom. The monoisotopic (exact) mass is 487 g/mol. The van der Waals surface area contributed by atoms with Crippen LogP contribution in [0, 0.1) is 0 Å². The van der Waals surface area contributed by atoms with Crippen LogP contribution in [0.25, 0.3) is 0 Å². The largest absolute Gasteiger partial charge is 0.333 e. The van der Waals surface area contributed by atoms with Crippen molar-refractivity contribution >= 4 is 55.8 Å². The highest BCUT2D eigenvalue weighted by molar-refractivity contribution is 7.87. The fourth-order valence-corrected chi connectivity index (χ4v) is 3.81. The van der Waals surface area contributed by atoms with Gasteiger partial charge in [-0.3, -0.25) is 28.3 Å². The van der Waals surface area contributed by atoms with Gasteiger partial charge in [0.1, 0.15) is 0 Å². The second-order valence-electron chi connectivity index (χ2n) is 6.08. The van der Waals surface area contributed by atoms with Crippen LogP contribution in [0.15, 0.2) is 0 Å². The molecule has 0 aromatic rings. The van der Waals surface area contributed by atoms with Gasteiger partial charge in [0.25, 0.3) is 43.9 Å². The van der Waals surface area contributed by atoms with Gasteiger partial charge in [0, 0.05) is 14.2 Å². The van der Waals surface area contributed by atoms with Crippen molar-refractivity contribution in [3.63, 3.8) is 0 Å². The fourth-order valence-electron chi connectivity index (χ4n) is 2.40. The lowest BCUT2D eigenvalue weighted by Gasteiger charge is -2.14. The summed E-state index contributed by atoms with van der Waals surface area (Å²) in [5.74, 6) is -8.52. The van der Waals surface area contributed by atoms with Crippen molar-refractivity contribution in [1.82, 2.24) is 10.1 Å². The van der Waals surface area contributed by atoms with Gasteiger partial charge in [-0.05, 0) is 6.42 Å². The van der Waals surface area contributed by atoms with Crippen molar-refractivity contribution in [3.05, 3.63) is 0 Å². The van der Waals surface area contributed by atoms with Crippen LogP contribution in [0.1, 0.15) is 33.5 Å². The van der Waals surface area contributed by atoms with E-state index >= 15 is 0 Å².